The fourth-order valence-electron chi connectivity index (χ4n) is 12.9. The SMILES string of the molecule is CC(C)c1ccc2cc3c(cc2c1)B1c2cc4cc(C(C)C)ccc4cc2N(c2cccc4c5ccccc5c5ccccc5c24)c2cccc(c21)N3c1ccc2c3ccccc3c3ccccc3c2c1. The summed E-state index contributed by atoms with van der Waals surface area (Å²) in [6, 6.07) is 81.4. The number of nitrogens with zero attached hydrogens (tertiary/aromatic N) is 2. The molecular formula is C68H49BN2. The maximum absolute atomic E-state index is 2.63. The average molecular weight is 905 g/mol. The molecule has 0 spiro atoms. The van der Waals surface area contributed by atoms with Gasteiger partial charge in [0, 0.05) is 33.8 Å². The minimum absolute atomic E-state index is 0.0318. The van der Waals surface area contributed by atoms with E-state index in [4.69, 9.17) is 0 Å². The Labute approximate surface area is 414 Å². The van der Waals surface area contributed by atoms with Crippen molar-refractivity contribution in [1.82, 2.24) is 0 Å². The first-order chi connectivity index (χ1) is 34.9. The molecule has 0 fully saturated rings. The predicted molar refractivity (Wildman–Crippen MR) is 309 cm³/mol. The second kappa shape index (κ2) is 15.1. The van der Waals surface area contributed by atoms with E-state index in [9.17, 15) is 0 Å². The Morgan fingerprint density at radius 3 is 1.23 bits per heavy atom. The molecule has 0 amide bonds. The van der Waals surface area contributed by atoms with Crippen molar-refractivity contribution in [3.63, 3.8) is 0 Å². The van der Waals surface area contributed by atoms with Crippen LogP contribution in [-0.2, 0) is 0 Å². The van der Waals surface area contributed by atoms with Gasteiger partial charge in [0.15, 0.2) is 0 Å². The minimum Gasteiger partial charge on any atom is -0.311 e. The number of hydrogen-bond acceptors (Lipinski definition) is 2. The molecule has 2 nitrogen and oxygen atoms in total. The van der Waals surface area contributed by atoms with Crippen molar-refractivity contribution in [3.05, 3.63) is 223 Å². The van der Waals surface area contributed by atoms with Gasteiger partial charge in [-0.15, -0.1) is 0 Å². The van der Waals surface area contributed by atoms with E-state index in [-0.39, 0.29) is 6.71 Å². The van der Waals surface area contributed by atoms with Crippen LogP contribution >= 0.6 is 0 Å². The van der Waals surface area contributed by atoms with E-state index >= 15 is 0 Å². The molecule has 2 aliphatic rings. The van der Waals surface area contributed by atoms with Crippen molar-refractivity contribution in [1.29, 1.82) is 0 Å². The smallest absolute Gasteiger partial charge is 0.252 e. The molecule has 0 atom stereocenters. The lowest BCUT2D eigenvalue weighted by Gasteiger charge is -2.44. The number of benzene rings is 13. The molecule has 0 unspecified atom stereocenters. The summed E-state index contributed by atoms with van der Waals surface area (Å²) in [5.74, 6) is 0.836. The van der Waals surface area contributed by atoms with Crippen LogP contribution in [0.4, 0.5) is 34.1 Å². The highest BCUT2D eigenvalue weighted by atomic mass is 15.2. The van der Waals surface area contributed by atoms with Gasteiger partial charge in [0.1, 0.15) is 0 Å². The van der Waals surface area contributed by atoms with Gasteiger partial charge in [0.2, 0.25) is 0 Å². The first-order valence-corrected chi connectivity index (χ1v) is 25.4. The van der Waals surface area contributed by atoms with Crippen LogP contribution in [0.5, 0.6) is 0 Å². The molecule has 2 heterocycles. The van der Waals surface area contributed by atoms with Gasteiger partial charge < -0.3 is 9.80 Å². The normalized spacial score (nSPS) is 13.2. The van der Waals surface area contributed by atoms with E-state index < -0.39 is 0 Å². The molecule has 13 aromatic rings. The lowest BCUT2D eigenvalue weighted by Crippen LogP contribution is -2.61. The molecule has 71 heavy (non-hydrogen) atoms. The zero-order valence-corrected chi connectivity index (χ0v) is 40.3. The van der Waals surface area contributed by atoms with Crippen molar-refractivity contribution in [2.45, 2.75) is 39.5 Å². The van der Waals surface area contributed by atoms with Crippen LogP contribution in [0, 0.1) is 0 Å². The largest absolute Gasteiger partial charge is 0.311 e. The Morgan fingerprint density at radius 1 is 0.296 bits per heavy atom. The van der Waals surface area contributed by atoms with Crippen LogP contribution in [0.25, 0.3) is 86.2 Å². The van der Waals surface area contributed by atoms with Gasteiger partial charge in [0.25, 0.3) is 6.71 Å². The van der Waals surface area contributed by atoms with Gasteiger partial charge in [0.05, 0.1) is 5.69 Å². The van der Waals surface area contributed by atoms with E-state index in [0.29, 0.717) is 11.8 Å². The van der Waals surface area contributed by atoms with Crippen molar-refractivity contribution in [2.75, 3.05) is 9.80 Å². The Balaban J connectivity index is 1.08. The van der Waals surface area contributed by atoms with E-state index in [0.717, 1.165) is 5.69 Å². The molecule has 0 aliphatic carbocycles. The van der Waals surface area contributed by atoms with Crippen molar-refractivity contribution in [2.24, 2.45) is 0 Å². The summed E-state index contributed by atoms with van der Waals surface area (Å²) in [7, 11) is 0. The molecule has 0 radical (unpaired) electrons. The van der Waals surface area contributed by atoms with Gasteiger partial charge in [-0.3, -0.25) is 0 Å². The lowest BCUT2D eigenvalue weighted by molar-refractivity contribution is 0.869. The van der Waals surface area contributed by atoms with Crippen LogP contribution in [0.3, 0.4) is 0 Å². The molecule has 0 saturated heterocycles. The molecule has 334 valence electrons. The first-order valence-electron chi connectivity index (χ1n) is 25.4. The van der Waals surface area contributed by atoms with Gasteiger partial charge in [-0.25, -0.2) is 0 Å². The summed E-state index contributed by atoms with van der Waals surface area (Å²) >= 11 is 0. The summed E-state index contributed by atoms with van der Waals surface area (Å²) in [6.07, 6.45) is 0. The highest BCUT2D eigenvalue weighted by Gasteiger charge is 2.44. The summed E-state index contributed by atoms with van der Waals surface area (Å²) in [5, 5.41) is 20.4. The Kier molecular flexibility index (Phi) is 8.58. The predicted octanol–water partition coefficient (Wildman–Crippen LogP) is 17.2. The molecule has 0 saturated carbocycles. The number of anilines is 6. The molecular weight excluding hydrogens is 856 g/mol. The molecule has 13 aromatic carbocycles. The third-order valence-corrected chi connectivity index (χ3v) is 16.3. The molecule has 2 aliphatic heterocycles. The summed E-state index contributed by atoms with van der Waals surface area (Å²) in [5.41, 5.74) is 13.9. The maximum atomic E-state index is 2.63. The fraction of sp³-hybridized carbons (Fsp3) is 0.0882. The molecule has 0 N–H and O–H groups in total. The monoisotopic (exact) mass is 904 g/mol. The standard InChI is InChI=1S/C68H49BN2/c1-40(2)42-27-29-44-37-65-60(35-46(44)33-42)69-61-36-47-34-43(41(3)4)28-30-45(47)38-66(61)71(62-24-13-23-58-54-19-9-7-18-52(54)53-20-11-12-22-57(53)67(58)62)64-26-14-25-63(68(64)69)70(65)48-31-32-56-51-17-6-5-15-49(51)50-16-8-10-21-55(50)59(56)39-48/h5-41H,1-4H3. The van der Waals surface area contributed by atoms with Crippen molar-refractivity contribution >= 4 is 143 Å². The fourth-order valence-corrected chi connectivity index (χ4v) is 12.9. The molecule has 15 rings (SSSR count). The Hall–Kier alpha value is -8.40. The number of fused-ring (bicyclic) bond motifs is 18. The number of rotatable bonds is 4. The summed E-state index contributed by atoms with van der Waals surface area (Å²) in [6.45, 7) is 9.18. The van der Waals surface area contributed by atoms with Crippen molar-refractivity contribution in [3.8, 4) is 0 Å². The first kappa shape index (κ1) is 40.5. The zero-order valence-electron chi connectivity index (χ0n) is 40.3. The van der Waals surface area contributed by atoms with Crippen LogP contribution in [0.2, 0.25) is 0 Å². The highest BCUT2D eigenvalue weighted by molar-refractivity contribution is 7.00. The van der Waals surface area contributed by atoms with Gasteiger partial charge in [-0.2, -0.15) is 0 Å². The van der Waals surface area contributed by atoms with E-state index in [2.05, 4.69) is 250 Å². The van der Waals surface area contributed by atoms with Crippen molar-refractivity contribution < 1.29 is 0 Å². The minimum atomic E-state index is -0.0318. The van der Waals surface area contributed by atoms with E-state index in [1.54, 1.807) is 0 Å². The second-order valence-corrected chi connectivity index (χ2v) is 20.8. The van der Waals surface area contributed by atoms with Gasteiger partial charge >= 0.3 is 0 Å². The quantitative estimate of drug-likeness (QED) is 0.128. The molecule has 0 aromatic heterocycles. The molecule has 3 heteroatoms. The van der Waals surface area contributed by atoms with Gasteiger partial charge in [-0.1, -0.05) is 198 Å². The second-order valence-electron chi connectivity index (χ2n) is 20.8. The van der Waals surface area contributed by atoms with Gasteiger partial charge in [-0.05, 0) is 163 Å². The summed E-state index contributed by atoms with van der Waals surface area (Å²) in [4.78, 5) is 5.22. The maximum Gasteiger partial charge on any atom is 0.252 e. The summed E-state index contributed by atoms with van der Waals surface area (Å²) < 4.78 is 0. The number of hydrogen-bond donors (Lipinski definition) is 0. The van der Waals surface area contributed by atoms with Crippen LogP contribution in [-0.4, -0.2) is 6.71 Å². The lowest BCUT2D eigenvalue weighted by atomic mass is 9.33. The average Bonchev–Trinajstić information content (AvgIpc) is 3.41. The Bertz CT molecular complexity index is 4370. The topological polar surface area (TPSA) is 6.48 Å². The third kappa shape index (κ3) is 5.78. The van der Waals surface area contributed by atoms with E-state index in [1.807, 2.05) is 0 Å². The third-order valence-electron chi connectivity index (χ3n) is 16.3. The highest BCUT2D eigenvalue weighted by Crippen LogP contribution is 2.50. The van der Waals surface area contributed by atoms with E-state index in [1.165, 1.54) is 142 Å². The van der Waals surface area contributed by atoms with Crippen LogP contribution < -0.4 is 26.2 Å². The van der Waals surface area contributed by atoms with Crippen LogP contribution in [0.15, 0.2) is 212 Å². The van der Waals surface area contributed by atoms with Crippen LogP contribution in [0.1, 0.15) is 50.7 Å². The Morgan fingerprint density at radius 2 is 0.704 bits per heavy atom. The molecule has 0 bridgehead atoms. The zero-order chi connectivity index (χ0) is 47.2.